The lowest BCUT2D eigenvalue weighted by Crippen LogP contribution is -2.37. The monoisotopic (exact) mass is 335 g/mol. The zero-order valence-electron chi connectivity index (χ0n) is 12.4. The van der Waals surface area contributed by atoms with Crippen LogP contribution in [0.5, 0.6) is 0 Å². The second kappa shape index (κ2) is 6.72. The average molecular weight is 335 g/mol. The highest BCUT2D eigenvalue weighted by Gasteiger charge is 2.41. The number of benzene rings is 1. The quantitative estimate of drug-likeness (QED) is 0.826. The number of imide groups is 1. The van der Waals surface area contributed by atoms with Gasteiger partial charge in [0.25, 0.3) is 0 Å². The Balaban J connectivity index is 1.71. The van der Waals surface area contributed by atoms with Crippen LogP contribution in [-0.4, -0.2) is 52.3 Å². The standard InChI is InChI=1S/C16H17NO5S/c18-14-8-13(15(19)17(14)9-10-4-3-7-22-10)23-12-6-2-1-5-11(12)16(20)21/h1-2,5-6,10,13H,3-4,7-9H2,(H,20,21)/t10-,13+/m0/s1. The molecule has 23 heavy (non-hydrogen) atoms. The summed E-state index contributed by atoms with van der Waals surface area (Å²) in [5, 5.41) is 8.64. The van der Waals surface area contributed by atoms with Gasteiger partial charge >= 0.3 is 5.97 Å². The third kappa shape index (κ3) is 3.40. The number of likely N-dealkylation sites (tertiary alicyclic amines) is 1. The van der Waals surface area contributed by atoms with Gasteiger partial charge < -0.3 is 9.84 Å². The minimum absolute atomic E-state index is 0.0713. The number of rotatable bonds is 5. The number of carboxylic acid groups (broad SMARTS) is 1. The van der Waals surface area contributed by atoms with Gasteiger partial charge in [-0.15, -0.1) is 11.8 Å². The van der Waals surface area contributed by atoms with E-state index in [2.05, 4.69) is 0 Å². The predicted octanol–water partition coefficient (Wildman–Crippen LogP) is 1.78. The molecule has 0 bridgehead atoms. The molecule has 0 aliphatic carbocycles. The molecule has 2 aliphatic heterocycles. The Morgan fingerprint density at radius 1 is 1.35 bits per heavy atom. The number of hydrogen-bond donors (Lipinski definition) is 1. The van der Waals surface area contributed by atoms with Gasteiger partial charge in [-0.3, -0.25) is 14.5 Å². The molecule has 2 aliphatic rings. The molecule has 0 radical (unpaired) electrons. The number of carbonyl (C=O) groups excluding carboxylic acids is 2. The molecule has 6 nitrogen and oxygen atoms in total. The Morgan fingerprint density at radius 2 is 2.13 bits per heavy atom. The minimum Gasteiger partial charge on any atom is -0.478 e. The normalized spacial score (nSPS) is 24.4. The Bertz CT molecular complexity index is 641. The molecular formula is C16H17NO5S. The van der Waals surface area contributed by atoms with E-state index in [1.165, 1.54) is 11.0 Å². The Hall–Kier alpha value is -1.86. The lowest BCUT2D eigenvalue weighted by Gasteiger charge is -2.18. The van der Waals surface area contributed by atoms with Crippen molar-refractivity contribution < 1.29 is 24.2 Å². The second-order valence-electron chi connectivity index (χ2n) is 5.59. The van der Waals surface area contributed by atoms with E-state index in [9.17, 15) is 19.5 Å². The van der Waals surface area contributed by atoms with Gasteiger partial charge in [0.15, 0.2) is 0 Å². The summed E-state index contributed by atoms with van der Waals surface area (Å²) in [5.41, 5.74) is 0.148. The summed E-state index contributed by atoms with van der Waals surface area (Å²) >= 11 is 1.15. The molecule has 1 aromatic carbocycles. The highest BCUT2D eigenvalue weighted by atomic mass is 32.2. The number of amides is 2. The first-order valence-corrected chi connectivity index (χ1v) is 8.39. The topological polar surface area (TPSA) is 83.9 Å². The second-order valence-corrected chi connectivity index (χ2v) is 6.83. The van der Waals surface area contributed by atoms with Crippen molar-refractivity contribution in [3.63, 3.8) is 0 Å². The van der Waals surface area contributed by atoms with Gasteiger partial charge in [0, 0.05) is 17.9 Å². The predicted molar refractivity (Wildman–Crippen MR) is 83.4 cm³/mol. The van der Waals surface area contributed by atoms with Crippen molar-refractivity contribution in [1.82, 2.24) is 4.90 Å². The van der Waals surface area contributed by atoms with Crippen molar-refractivity contribution in [3.05, 3.63) is 29.8 Å². The number of nitrogens with zero attached hydrogens (tertiary/aromatic N) is 1. The maximum absolute atomic E-state index is 12.5. The number of aromatic carboxylic acids is 1. The van der Waals surface area contributed by atoms with E-state index in [1.54, 1.807) is 18.2 Å². The lowest BCUT2D eigenvalue weighted by atomic mass is 10.2. The van der Waals surface area contributed by atoms with Crippen LogP contribution < -0.4 is 0 Å². The Kier molecular flexibility index (Phi) is 4.68. The average Bonchev–Trinajstić information content (AvgIpc) is 3.12. The van der Waals surface area contributed by atoms with E-state index < -0.39 is 11.2 Å². The lowest BCUT2D eigenvalue weighted by molar-refractivity contribution is -0.140. The number of carboxylic acids is 1. The van der Waals surface area contributed by atoms with Gasteiger partial charge in [0.1, 0.15) is 0 Å². The zero-order chi connectivity index (χ0) is 16.4. The molecule has 1 N–H and O–H groups in total. The first-order valence-electron chi connectivity index (χ1n) is 7.51. The van der Waals surface area contributed by atoms with Crippen LogP contribution in [0.2, 0.25) is 0 Å². The Labute approximate surface area is 137 Å². The summed E-state index contributed by atoms with van der Waals surface area (Å²) in [6.07, 6.45) is 1.84. The molecule has 2 amide bonds. The van der Waals surface area contributed by atoms with Gasteiger partial charge in [-0.1, -0.05) is 12.1 Å². The fraction of sp³-hybridized carbons (Fsp3) is 0.438. The maximum Gasteiger partial charge on any atom is 0.336 e. The van der Waals surface area contributed by atoms with Crippen LogP contribution in [0.1, 0.15) is 29.6 Å². The van der Waals surface area contributed by atoms with Crippen LogP contribution >= 0.6 is 11.8 Å². The van der Waals surface area contributed by atoms with Gasteiger partial charge in [-0.25, -0.2) is 4.79 Å². The molecule has 1 aromatic rings. The first kappa shape index (κ1) is 16.0. The van der Waals surface area contributed by atoms with E-state index in [-0.39, 0.29) is 29.9 Å². The van der Waals surface area contributed by atoms with Crippen LogP contribution in [0.15, 0.2) is 29.2 Å². The summed E-state index contributed by atoms with van der Waals surface area (Å²) in [7, 11) is 0. The number of ether oxygens (including phenoxy) is 1. The highest BCUT2D eigenvalue weighted by Crippen LogP contribution is 2.34. The van der Waals surface area contributed by atoms with Crippen molar-refractivity contribution in [2.45, 2.75) is 35.5 Å². The largest absolute Gasteiger partial charge is 0.478 e. The molecule has 0 spiro atoms. The van der Waals surface area contributed by atoms with Crippen LogP contribution in [0.3, 0.4) is 0 Å². The molecule has 3 rings (SSSR count). The molecule has 0 saturated carbocycles. The van der Waals surface area contributed by atoms with Gasteiger partial charge in [0.05, 0.1) is 23.5 Å². The van der Waals surface area contributed by atoms with E-state index in [4.69, 9.17) is 4.74 Å². The summed E-state index contributed by atoms with van der Waals surface area (Å²) in [6, 6.07) is 6.52. The fourth-order valence-corrected chi connectivity index (χ4v) is 4.03. The molecule has 2 atom stereocenters. The van der Waals surface area contributed by atoms with Crippen LogP contribution in [0.4, 0.5) is 0 Å². The van der Waals surface area contributed by atoms with E-state index >= 15 is 0 Å². The molecule has 7 heteroatoms. The van der Waals surface area contributed by atoms with E-state index in [0.29, 0.717) is 18.0 Å². The van der Waals surface area contributed by atoms with E-state index in [0.717, 1.165) is 24.6 Å². The van der Waals surface area contributed by atoms with Gasteiger partial charge in [-0.2, -0.15) is 0 Å². The molecule has 2 saturated heterocycles. The smallest absolute Gasteiger partial charge is 0.336 e. The number of carbonyl (C=O) groups is 3. The maximum atomic E-state index is 12.5. The van der Waals surface area contributed by atoms with Crippen LogP contribution in [0, 0.1) is 0 Å². The third-order valence-corrected chi connectivity index (χ3v) is 5.26. The van der Waals surface area contributed by atoms with Crippen molar-refractivity contribution in [2.24, 2.45) is 0 Å². The highest BCUT2D eigenvalue weighted by molar-refractivity contribution is 8.00. The third-order valence-electron chi connectivity index (χ3n) is 4.00. The minimum atomic E-state index is -1.04. The molecule has 2 heterocycles. The molecule has 0 aromatic heterocycles. The van der Waals surface area contributed by atoms with Crippen molar-refractivity contribution >= 4 is 29.5 Å². The molecular weight excluding hydrogens is 318 g/mol. The van der Waals surface area contributed by atoms with Crippen molar-refractivity contribution in [1.29, 1.82) is 0 Å². The summed E-state index contributed by atoms with van der Waals surface area (Å²) in [4.78, 5) is 37.6. The molecule has 0 unspecified atom stereocenters. The SMILES string of the molecule is O=C(O)c1ccccc1S[C@@H]1CC(=O)N(C[C@@H]2CCCO2)C1=O. The first-order chi connectivity index (χ1) is 11.1. The Morgan fingerprint density at radius 3 is 2.83 bits per heavy atom. The summed E-state index contributed by atoms with van der Waals surface area (Å²) in [6.45, 7) is 0.973. The van der Waals surface area contributed by atoms with E-state index in [1.807, 2.05) is 0 Å². The van der Waals surface area contributed by atoms with Crippen molar-refractivity contribution in [3.8, 4) is 0 Å². The summed E-state index contributed by atoms with van der Waals surface area (Å²) in [5.74, 6) is -1.51. The number of thioether (sulfide) groups is 1. The molecule has 2 fully saturated rings. The summed E-state index contributed by atoms with van der Waals surface area (Å²) < 4.78 is 5.49. The fourth-order valence-electron chi connectivity index (χ4n) is 2.83. The molecule has 122 valence electrons. The van der Waals surface area contributed by atoms with Gasteiger partial charge in [0.2, 0.25) is 11.8 Å². The van der Waals surface area contributed by atoms with Crippen molar-refractivity contribution in [2.75, 3.05) is 13.2 Å². The van der Waals surface area contributed by atoms with Crippen LogP contribution in [-0.2, 0) is 14.3 Å². The number of hydrogen-bond acceptors (Lipinski definition) is 5. The zero-order valence-corrected chi connectivity index (χ0v) is 13.3. The van der Waals surface area contributed by atoms with Crippen LogP contribution in [0.25, 0.3) is 0 Å². The van der Waals surface area contributed by atoms with Gasteiger partial charge in [-0.05, 0) is 25.0 Å².